The summed E-state index contributed by atoms with van der Waals surface area (Å²) in [7, 11) is 1.34. The standard InChI is InChI=1S/C12H11Cl3N2O2/c1-6(12(18)19-2)17-10-4-8(15)7(14)3-9(10)16-11(17)5-13/h3-4,6H,5H2,1-2H3. The molecule has 0 saturated heterocycles. The number of methoxy groups -OCH3 is 1. The molecule has 2 aromatic rings. The molecule has 1 aromatic heterocycles. The fourth-order valence-electron chi connectivity index (χ4n) is 1.94. The first-order valence-corrected chi connectivity index (χ1v) is 6.78. The van der Waals surface area contributed by atoms with E-state index in [4.69, 9.17) is 39.5 Å². The van der Waals surface area contributed by atoms with Crippen molar-refractivity contribution in [2.45, 2.75) is 18.8 Å². The molecule has 0 fully saturated rings. The molecular weight excluding hydrogens is 311 g/mol. The summed E-state index contributed by atoms with van der Waals surface area (Å²) in [6, 6.07) is 2.78. The second kappa shape index (κ2) is 5.57. The van der Waals surface area contributed by atoms with Crippen LogP contribution in [-0.4, -0.2) is 22.6 Å². The number of carbonyl (C=O) groups excluding carboxylic acids is 1. The number of halogens is 3. The normalized spacial score (nSPS) is 12.7. The predicted octanol–water partition coefficient (Wildman–Crippen LogP) is 3.82. The Kier molecular flexibility index (Phi) is 4.23. The van der Waals surface area contributed by atoms with Crippen LogP contribution in [0.3, 0.4) is 0 Å². The third-order valence-electron chi connectivity index (χ3n) is 2.85. The molecule has 1 unspecified atom stereocenters. The number of hydrogen-bond acceptors (Lipinski definition) is 3. The second-order valence-electron chi connectivity index (χ2n) is 3.99. The minimum absolute atomic E-state index is 0.172. The molecule has 102 valence electrons. The third-order valence-corrected chi connectivity index (χ3v) is 3.81. The number of nitrogens with zero attached hydrogens (tertiary/aromatic N) is 2. The lowest BCUT2D eigenvalue weighted by Gasteiger charge is -2.14. The first-order valence-electron chi connectivity index (χ1n) is 5.49. The molecule has 0 radical (unpaired) electrons. The number of esters is 1. The van der Waals surface area contributed by atoms with E-state index < -0.39 is 6.04 Å². The Morgan fingerprint density at radius 2 is 2.05 bits per heavy atom. The van der Waals surface area contributed by atoms with E-state index in [1.54, 1.807) is 23.6 Å². The van der Waals surface area contributed by atoms with E-state index in [0.717, 1.165) is 0 Å². The van der Waals surface area contributed by atoms with Crippen molar-refractivity contribution in [2.75, 3.05) is 7.11 Å². The lowest BCUT2D eigenvalue weighted by atomic mass is 10.2. The van der Waals surface area contributed by atoms with Gasteiger partial charge in [0.2, 0.25) is 0 Å². The number of ether oxygens (including phenoxy) is 1. The van der Waals surface area contributed by atoms with Gasteiger partial charge in [-0.3, -0.25) is 0 Å². The highest BCUT2D eigenvalue weighted by Crippen LogP contribution is 2.30. The maximum atomic E-state index is 11.7. The van der Waals surface area contributed by atoms with Crippen LogP contribution in [0.4, 0.5) is 0 Å². The number of alkyl halides is 1. The van der Waals surface area contributed by atoms with Crippen LogP contribution in [-0.2, 0) is 15.4 Å². The van der Waals surface area contributed by atoms with E-state index in [1.807, 2.05) is 0 Å². The van der Waals surface area contributed by atoms with Gasteiger partial charge >= 0.3 is 5.97 Å². The minimum Gasteiger partial charge on any atom is -0.467 e. The lowest BCUT2D eigenvalue weighted by molar-refractivity contribution is -0.143. The average molecular weight is 322 g/mol. The van der Waals surface area contributed by atoms with Crippen molar-refractivity contribution in [1.29, 1.82) is 0 Å². The van der Waals surface area contributed by atoms with E-state index in [9.17, 15) is 4.79 Å². The number of carbonyl (C=O) groups is 1. The zero-order valence-electron chi connectivity index (χ0n) is 10.3. The largest absolute Gasteiger partial charge is 0.467 e. The van der Waals surface area contributed by atoms with E-state index in [0.29, 0.717) is 26.9 Å². The fourth-order valence-corrected chi connectivity index (χ4v) is 2.45. The first-order chi connectivity index (χ1) is 8.99. The van der Waals surface area contributed by atoms with E-state index in [2.05, 4.69) is 4.98 Å². The van der Waals surface area contributed by atoms with Gasteiger partial charge in [-0.25, -0.2) is 9.78 Å². The van der Waals surface area contributed by atoms with Crippen LogP contribution in [0.15, 0.2) is 12.1 Å². The highest BCUT2D eigenvalue weighted by Gasteiger charge is 2.22. The summed E-state index contributed by atoms with van der Waals surface area (Å²) in [5.74, 6) is 0.357. The molecule has 0 N–H and O–H groups in total. The maximum absolute atomic E-state index is 11.7. The van der Waals surface area contributed by atoms with E-state index in [1.165, 1.54) is 7.11 Å². The molecule has 0 aliphatic rings. The summed E-state index contributed by atoms with van der Waals surface area (Å²) in [6.07, 6.45) is 0. The van der Waals surface area contributed by atoms with Gasteiger partial charge in [0.05, 0.1) is 34.1 Å². The molecule has 0 amide bonds. The van der Waals surface area contributed by atoms with Crippen molar-refractivity contribution in [3.8, 4) is 0 Å². The Labute approximate surface area is 125 Å². The molecule has 0 aliphatic heterocycles. The number of imidazole rings is 1. The molecule has 2 rings (SSSR count). The van der Waals surface area contributed by atoms with Gasteiger partial charge in [0.25, 0.3) is 0 Å². The molecule has 0 aliphatic carbocycles. The highest BCUT2D eigenvalue weighted by atomic mass is 35.5. The van der Waals surface area contributed by atoms with Crippen LogP contribution in [0.5, 0.6) is 0 Å². The molecule has 1 heterocycles. The van der Waals surface area contributed by atoms with Gasteiger partial charge in [-0.05, 0) is 19.1 Å². The Morgan fingerprint density at radius 3 is 2.63 bits per heavy atom. The van der Waals surface area contributed by atoms with Gasteiger partial charge in [0.1, 0.15) is 11.9 Å². The van der Waals surface area contributed by atoms with Crippen molar-refractivity contribution in [2.24, 2.45) is 0 Å². The third kappa shape index (κ3) is 2.53. The summed E-state index contributed by atoms with van der Waals surface area (Å²) in [5, 5.41) is 0.805. The molecule has 0 bridgehead atoms. The average Bonchev–Trinajstić information content (AvgIpc) is 2.75. The van der Waals surface area contributed by atoms with Gasteiger partial charge in [-0.2, -0.15) is 0 Å². The zero-order chi connectivity index (χ0) is 14.2. The molecule has 7 heteroatoms. The summed E-state index contributed by atoms with van der Waals surface area (Å²) in [6.45, 7) is 1.71. The van der Waals surface area contributed by atoms with Crippen molar-refractivity contribution in [3.05, 3.63) is 28.0 Å². The van der Waals surface area contributed by atoms with E-state index >= 15 is 0 Å². The van der Waals surface area contributed by atoms with Crippen molar-refractivity contribution in [1.82, 2.24) is 9.55 Å². The smallest absolute Gasteiger partial charge is 0.328 e. The second-order valence-corrected chi connectivity index (χ2v) is 5.07. The van der Waals surface area contributed by atoms with Crippen molar-refractivity contribution >= 4 is 51.8 Å². The molecule has 19 heavy (non-hydrogen) atoms. The predicted molar refractivity (Wildman–Crippen MR) is 76.0 cm³/mol. The Balaban J connectivity index is 2.70. The quantitative estimate of drug-likeness (QED) is 0.637. The molecule has 4 nitrogen and oxygen atoms in total. The monoisotopic (exact) mass is 320 g/mol. The van der Waals surface area contributed by atoms with Crippen LogP contribution >= 0.6 is 34.8 Å². The number of aromatic nitrogens is 2. The van der Waals surface area contributed by atoms with Crippen LogP contribution in [0.25, 0.3) is 11.0 Å². The summed E-state index contributed by atoms with van der Waals surface area (Å²) >= 11 is 17.8. The van der Waals surface area contributed by atoms with Gasteiger partial charge in [0.15, 0.2) is 0 Å². The van der Waals surface area contributed by atoms with Crippen molar-refractivity contribution in [3.63, 3.8) is 0 Å². The number of hydrogen-bond donors (Lipinski definition) is 0. The number of rotatable bonds is 3. The SMILES string of the molecule is COC(=O)C(C)n1c(CCl)nc2cc(Cl)c(Cl)cc21. The summed E-state index contributed by atoms with van der Waals surface area (Å²) < 4.78 is 6.45. The Hall–Kier alpha value is -0.970. The van der Waals surface area contributed by atoms with Gasteiger partial charge in [-0.15, -0.1) is 11.6 Å². The maximum Gasteiger partial charge on any atom is 0.328 e. The topological polar surface area (TPSA) is 44.1 Å². The highest BCUT2D eigenvalue weighted by molar-refractivity contribution is 6.42. The lowest BCUT2D eigenvalue weighted by Crippen LogP contribution is -2.19. The van der Waals surface area contributed by atoms with Crippen LogP contribution in [0, 0.1) is 0 Å². The summed E-state index contributed by atoms with van der Waals surface area (Å²) in [5.41, 5.74) is 1.34. The van der Waals surface area contributed by atoms with Crippen LogP contribution in [0.1, 0.15) is 18.8 Å². The zero-order valence-corrected chi connectivity index (χ0v) is 12.6. The number of benzene rings is 1. The first kappa shape index (κ1) is 14.4. The Morgan fingerprint density at radius 1 is 1.42 bits per heavy atom. The molecule has 0 saturated carbocycles. The number of fused-ring (bicyclic) bond motifs is 1. The van der Waals surface area contributed by atoms with E-state index in [-0.39, 0.29) is 11.8 Å². The van der Waals surface area contributed by atoms with Crippen LogP contribution < -0.4 is 0 Å². The van der Waals surface area contributed by atoms with Gasteiger partial charge in [-0.1, -0.05) is 23.2 Å². The molecular formula is C12H11Cl3N2O2. The molecule has 1 atom stereocenters. The molecule has 1 aromatic carbocycles. The summed E-state index contributed by atoms with van der Waals surface area (Å²) in [4.78, 5) is 16.1. The minimum atomic E-state index is -0.541. The fraction of sp³-hybridized carbons (Fsp3) is 0.333. The van der Waals surface area contributed by atoms with Crippen molar-refractivity contribution < 1.29 is 9.53 Å². The van der Waals surface area contributed by atoms with Crippen LogP contribution in [0.2, 0.25) is 10.0 Å². The Bertz CT molecular complexity index is 639. The molecule has 0 spiro atoms. The van der Waals surface area contributed by atoms with Gasteiger partial charge < -0.3 is 9.30 Å². The van der Waals surface area contributed by atoms with Gasteiger partial charge in [0, 0.05) is 0 Å².